The number of hydrogen-bond donors (Lipinski definition) is 2. The summed E-state index contributed by atoms with van der Waals surface area (Å²) < 4.78 is 2.19. The van der Waals surface area contributed by atoms with E-state index in [2.05, 4.69) is 52.9 Å². The van der Waals surface area contributed by atoms with Crippen molar-refractivity contribution in [2.75, 3.05) is 7.05 Å². The third-order valence-electron chi connectivity index (χ3n) is 3.00. The smallest absolute Gasteiger partial charge is 0.191 e. The van der Waals surface area contributed by atoms with Crippen LogP contribution in [0.3, 0.4) is 0 Å². The van der Waals surface area contributed by atoms with Crippen LogP contribution in [0.25, 0.3) is 0 Å². The Bertz CT molecular complexity index is 400. The van der Waals surface area contributed by atoms with Crippen molar-refractivity contribution in [3.63, 3.8) is 0 Å². The molecule has 6 heteroatoms. The predicted molar refractivity (Wildman–Crippen MR) is 95.6 cm³/mol. The lowest BCUT2D eigenvalue weighted by Gasteiger charge is -2.17. The lowest BCUT2D eigenvalue weighted by atomic mass is 10.2. The fourth-order valence-electron chi connectivity index (χ4n) is 1.76. The van der Waals surface area contributed by atoms with Crippen molar-refractivity contribution < 1.29 is 0 Å². The molecule has 1 rings (SSSR count). The Balaban J connectivity index is 0.00000361. The van der Waals surface area contributed by atoms with E-state index in [4.69, 9.17) is 0 Å². The summed E-state index contributed by atoms with van der Waals surface area (Å²) in [5.74, 6) is 2.49. The number of guanidine groups is 1. The van der Waals surface area contributed by atoms with Crippen LogP contribution in [0.4, 0.5) is 0 Å². The average molecular weight is 393 g/mol. The number of hydrogen-bond acceptors (Lipinski definition) is 2. The molecule has 0 saturated heterocycles. The first-order chi connectivity index (χ1) is 9.06. The molecule has 5 nitrogen and oxygen atoms in total. The molecular weight excluding hydrogens is 365 g/mol. The van der Waals surface area contributed by atoms with Crippen LogP contribution in [-0.2, 0) is 13.1 Å². The van der Waals surface area contributed by atoms with E-state index in [1.165, 1.54) is 0 Å². The second-order valence-corrected chi connectivity index (χ2v) is 5.27. The Labute approximate surface area is 139 Å². The summed E-state index contributed by atoms with van der Waals surface area (Å²) >= 11 is 0. The van der Waals surface area contributed by atoms with Gasteiger partial charge in [-0.1, -0.05) is 20.8 Å². The molecule has 1 unspecified atom stereocenters. The Morgan fingerprint density at radius 1 is 1.40 bits per heavy atom. The predicted octanol–water partition coefficient (Wildman–Crippen LogP) is 2.62. The molecular formula is C14H28IN5. The maximum Gasteiger partial charge on any atom is 0.191 e. The maximum atomic E-state index is 4.39. The topological polar surface area (TPSA) is 54.2 Å². The number of aliphatic imine (C=N–C) groups is 1. The molecule has 0 bridgehead atoms. The first-order valence-electron chi connectivity index (χ1n) is 7.04. The van der Waals surface area contributed by atoms with E-state index < -0.39 is 0 Å². The molecule has 0 aliphatic heterocycles. The first-order valence-corrected chi connectivity index (χ1v) is 7.04. The number of rotatable bonds is 6. The van der Waals surface area contributed by atoms with Gasteiger partial charge in [0, 0.05) is 32.0 Å². The van der Waals surface area contributed by atoms with E-state index in [1.807, 2.05) is 12.4 Å². The molecule has 1 heterocycles. The molecule has 1 aromatic rings. The number of nitrogens with zero attached hydrogens (tertiary/aromatic N) is 3. The largest absolute Gasteiger partial charge is 0.354 e. The van der Waals surface area contributed by atoms with Crippen LogP contribution in [0.1, 0.15) is 39.9 Å². The van der Waals surface area contributed by atoms with Crippen LogP contribution < -0.4 is 10.6 Å². The van der Waals surface area contributed by atoms with E-state index in [0.29, 0.717) is 18.5 Å². The Morgan fingerprint density at radius 3 is 2.65 bits per heavy atom. The molecule has 0 aliphatic carbocycles. The summed E-state index contributed by atoms with van der Waals surface area (Å²) in [6, 6.07) is 0.418. The van der Waals surface area contributed by atoms with E-state index >= 15 is 0 Å². The van der Waals surface area contributed by atoms with Crippen LogP contribution in [0.15, 0.2) is 17.4 Å². The van der Waals surface area contributed by atoms with Crippen LogP contribution in [-0.4, -0.2) is 28.6 Å². The molecule has 0 radical (unpaired) electrons. The van der Waals surface area contributed by atoms with E-state index in [9.17, 15) is 0 Å². The summed E-state index contributed by atoms with van der Waals surface area (Å²) in [4.78, 5) is 8.62. The minimum Gasteiger partial charge on any atom is -0.354 e. The van der Waals surface area contributed by atoms with E-state index in [1.54, 1.807) is 7.05 Å². The SMILES string of the molecule is CCC(C)NC(=NC)NCc1nccn1CC(C)C.I. The molecule has 2 N–H and O–H groups in total. The molecule has 1 atom stereocenters. The van der Waals surface area contributed by atoms with Crippen LogP contribution >= 0.6 is 24.0 Å². The monoisotopic (exact) mass is 393 g/mol. The highest BCUT2D eigenvalue weighted by molar-refractivity contribution is 14.0. The molecule has 0 fully saturated rings. The maximum absolute atomic E-state index is 4.39. The van der Waals surface area contributed by atoms with Gasteiger partial charge in [0.15, 0.2) is 5.96 Å². The van der Waals surface area contributed by atoms with Gasteiger partial charge in [0.05, 0.1) is 6.54 Å². The quantitative estimate of drug-likeness (QED) is 0.444. The standard InChI is InChI=1S/C14H27N5.HI/c1-6-12(4)18-14(15-5)17-9-13-16-7-8-19(13)10-11(2)3;/h7-8,11-12H,6,9-10H2,1-5H3,(H2,15,17,18);1H. The van der Waals surface area contributed by atoms with Crippen LogP contribution in [0.5, 0.6) is 0 Å². The third kappa shape index (κ3) is 6.58. The van der Waals surface area contributed by atoms with Gasteiger partial charge in [-0.2, -0.15) is 0 Å². The van der Waals surface area contributed by atoms with Crippen molar-refractivity contribution in [2.45, 2.75) is 53.2 Å². The van der Waals surface area contributed by atoms with Crippen molar-refractivity contribution in [2.24, 2.45) is 10.9 Å². The molecule has 1 aromatic heterocycles. The normalized spacial score (nSPS) is 13.0. The highest BCUT2D eigenvalue weighted by Crippen LogP contribution is 2.03. The second kappa shape index (κ2) is 10.0. The molecule has 116 valence electrons. The highest BCUT2D eigenvalue weighted by Gasteiger charge is 2.07. The van der Waals surface area contributed by atoms with Gasteiger partial charge in [-0.15, -0.1) is 24.0 Å². The zero-order chi connectivity index (χ0) is 14.3. The summed E-state index contributed by atoms with van der Waals surface area (Å²) in [5.41, 5.74) is 0. The van der Waals surface area contributed by atoms with E-state index in [0.717, 1.165) is 24.7 Å². The minimum atomic E-state index is 0. The van der Waals surface area contributed by atoms with Gasteiger partial charge in [0.25, 0.3) is 0 Å². The van der Waals surface area contributed by atoms with Gasteiger partial charge in [-0.25, -0.2) is 4.98 Å². The van der Waals surface area contributed by atoms with Crippen LogP contribution in [0, 0.1) is 5.92 Å². The van der Waals surface area contributed by atoms with Gasteiger partial charge in [0.1, 0.15) is 5.82 Å². The summed E-state index contributed by atoms with van der Waals surface area (Å²) in [5, 5.41) is 6.65. The Kier molecular flexibility index (Phi) is 9.62. The third-order valence-corrected chi connectivity index (χ3v) is 3.00. The summed E-state index contributed by atoms with van der Waals surface area (Å²) in [6.07, 6.45) is 4.95. The number of aromatic nitrogens is 2. The van der Waals surface area contributed by atoms with Gasteiger partial charge in [0.2, 0.25) is 0 Å². The second-order valence-electron chi connectivity index (χ2n) is 5.27. The van der Waals surface area contributed by atoms with Crippen molar-refractivity contribution in [1.29, 1.82) is 0 Å². The molecule has 0 amide bonds. The van der Waals surface area contributed by atoms with Crippen LogP contribution in [0.2, 0.25) is 0 Å². The molecule has 0 aliphatic rings. The van der Waals surface area contributed by atoms with Gasteiger partial charge in [-0.3, -0.25) is 4.99 Å². The average Bonchev–Trinajstić information content (AvgIpc) is 2.80. The van der Waals surface area contributed by atoms with Gasteiger partial charge < -0.3 is 15.2 Å². The highest BCUT2D eigenvalue weighted by atomic mass is 127. The molecule has 0 saturated carbocycles. The number of imidazole rings is 1. The fourth-order valence-corrected chi connectivity index (χ4v) is 1.76. The van der Waals surface area contributed by atoms with Crippen molar-refractivity contribution in [3.8, 4) is 0 Å². The van der Waals surface area contributed by atoms with Crippen molar-refractivity contribution in [3.05, 3.63) is 18.2 Å². The number of halogens is 1. The first kappa shape index (κ1) is 19.2. The summed E-state index contributed by atoms with van der Waals surface area (Å²) in [6.45, 7) is 10.4. The van der Waals surface area contributed by atoms with E-state index in [-0.39, 0.29) is 24.0 Å². The Morgan fingerprint density at radius 2 is 2.10 bits per heavy atom. The minimum absolute atomic E-state index is 0. The van der Waals surface area contributed by atoms with Crippen molar-refractivity contribution in [1.82, 2.24) is 20.2 Å². The lowest BCUT2D eigenvalue weighted by Crippen LogP contribution is -2.41. The Hall–Kier alpha value is -0.790. The molecule has 0 spiro atoms. The molecule has 0 aromatic carbocycles. The zero-order valence-corrected chi connectivity index (χ0v) is 15.5. The lowest BCUT2D eigenvalue weighted by molar-refractivity contribution is 0.503. The van der Waals surface area contributed by atoms with Gasteiger partial charge >= 0.3 is 0 Å². The summed E-state index contributed by atoms with van der Waals surface area (Å²) in [7, 11) is 1.79. The molecule has 20 heavy (non-hydrogen) atoms. The van der Waals surface area contributed by atoms with Gasteiger partial charge in [-0.05, 0) is 19.3 Å². The number of nitrogens with one attached hydrogen (secondary N) is 2. The fraction of sp³-hybridized carbons (Fsp3) is 0.714. The zero-order valence-electron chi connectivity index (χ0n) is 13.2. The van der Waals surface area contributed by atoms with Crippen molar-refractivity contribution >= 4 is 29.9 Å².